The highest BCUT2D eigenvalue weighted by molar-refractivity contribution is 6.29. The van der Waals surface area contributed by atoms with Crippen molar-refractivity contribution in [1.29, 1.82) is 0 Å². The molecular formula is C17H9N3O6. The Morgan fingerprint density at radius 3 is 2.27 bits per heavy atom. The third-order valence-electron chi connectivity index (χ3n) is 4.35. The number of hydrogen-bond acceptors (Lipinski definition) is 7. The first kappa shape index (κ1) is 15.6. The molecule has 0 aliphatic heterocycles. The Bertz CT molecular complexity index is 1150. The van der Waals surface area contributed by atoms with Gasteiger partial charge in [-0.25, -0.2) is 0 Å². The molecule has 1 heterocycles. The first-order valence-electron chi connectivity index (χ1n) is 7.43. The van der Waals surface area contributed by atoms with Crippen LogP contribution in [0.5, 0.6) is 5.75 Å². The molecule has 0 bridgehead atoms. The zero-order valence-electron chi connectivity index (χ0n) is 13.3. The van der Waals surface area contributed by atoms with Gasteiger partial charge < -0.3 is 4.74 Å². The fourth-order valence-electron chi connectivity index (χ4n) is 3.37. The Hall–Kier alpha value is -3.88. The average Bonchev–Trinajstić information content (AvgIpc) is 2.63. The zero-order chi connectivity index (χ0) is 18.6. The molecule has 0 saturated heterocycles. The molecule has 128 valence electrons. The Morgan fingerprint density at radius 2 is 1.65 bits per heavy atom. The summed E-state index contributed by atoms with van der Waals surface area (Å²) in [6.07, 6.45) is 1.37. The summed E-state index contributed by atoms with van der Waals surface area (Å²) in [7, 11) is 1.09. The van der Waals surface area contributed by atoms with Gasteiger partial charge in [0.2, 0.25) is 5.78 Å². The number of methoxy groups -OCH3 is 1. The number of benzene rings is 2. The van der Waals surface area contributed by atoms with Crippen molar-refractivity contribution in [2.24, 2.45) is 0 Å². The van der Waals surface area contributed by atoms with Crippen molar-refractivity contribution in [3.63, 3.8) is 0 Å². The van der Waals surface area contributed by atoms with E-state index in [1.807, 2.05) is 0 Å². The Balaban J connectivity index is 2.34. The van der Waals surface area contributed by atoms with Gasteiger partial charge in [0.25, 0.3) is 5.75 Å². The minimum absolute atomic E-state index is 0.0697. The number of ether oxygens (including phenoxy) is 1. The topological polar surface area (TPSA) is 125 Å². The summed E-state index contributed by atoms with van der Waals surface area (Å²) in [6.45, 7) is 0. The predicted molar refractivity (Wildman–Crippen MR) is 90.5 cm³/mol. The number of aromatic nitrogens is 1. The maximum absolute atomic E-state index is 13.0. The van der Waals surface area contributed by atoms with Crippen LogP contribution in [-0.4, -0.2) is 27.7 Å². The highest BCUT2D eigenvalue weighted by atomic mass is 16.6. The lowest BCUT2D eigenvalue weighted by Crippen LogP contribution is -2.15. The molecule has 0 saturated carbocycles. The van der Waals surface area contributed by atoms with Gasteiger partial charge in [-0.3, -0.25) is 30.0 Å². The molecule has 0 radical (unpaired) electrons. The SMILES string of the molecule is COc1c([N+](=O)[O-])c2c3c(nccc3c1[N+](=O)[O-])-c1ccccc1C2=O. The fraction of sp³-hybridized carbons (Fsp3) is 0.0588. The van der Waals surface area contributed by atoms with Gasteiger partial charge in [-0.2, -0.15) is 0 Å². The summed E-state index contributed by atoms with van der Waals surface area (Å²) >= 11 is 0. The predicted octanol–water partition coefficient (Wildman–Crippen LogP) is 3.27. The summed E-state index contributed by atoms with van der Waals surface area (Å²) in [4.78, 5) is 39.0. The van der Waals surface area contributed by atoms with E-state index < -0.39 is 32.8 Å². The minimum atomic E-state index is -0.830. The highest BCUT2D eigenvalue weighted by Gasteiger charge is 2.41. The molecular weight excluding hydrogens is 342 g/mol. The monoisotopic (exact) mass is 351 g/mol. The van der Waals surface area contributed by atoms with Gasteiger partial charge >= 0.3 is 11.4 Å². The van der Waals surface area contributed by atoms with Gasteiger partial charge in [-0.15, -0.1) is 0 Å². The van der Waals surface area contributed by atoms with Crippen molar-refractivity contribution >= 4 is 27.9 Å². The number of nitrogens with zero attached hydrogens (tertiary/aromatic N) is 3. The van der Waals surface area contributed by atoms with Gasteiger partial charge in [0.15, 0.2) is 0 Å². The maximum Gasteiger partial charge on any atom is 0.330 e. The normalized spacial score (nSPS) is 12.0. The largest absolute Gasteiger partial charge is 0.485 e. The van der Waals surface area contributed by atoms with Crippen LogP contribution < -0.4 is 4.74 Å². The third-order valence-corrected chi connectivity index (χ3v) is 4.35. The lowest BCUT2D eigenvalue weighted by Gasteiger charge is -2.19. The maximum atomic E-state index is 13.0. The van der Waals surface area contributed by atoms with Crippen LogP contribution in [0.2, 0.25) is 0 Å². The summed E-state index contributed by atoms with van der Waals surface area (Å²) < 4.78 is 4.99. The molecule has 1 aliphatic carbocycles. The molecule has 3 aromatic rings. The summed E-state index contributed by atoms with van der Waals surface area (Å²) in [5, 5.41) is 23.5. The number of rotatable bonds is 3. The van der Waals surface area contributed by atoms with Crippen LogP contribution in [0.15, 0.2) is 36.5 Å². The second-order valence-corrected chi connectivity index (χ2v) is 5.58. The van der Waals surface area contributed by atoms with Crippen LogP contribution >= 0.6 is 0 Å². The molecule has 4 rings (SSSR count). The summed E-state index contributed by atoms with van der Waals surface area (Å²) in [5.41, 5.74) is -0.506. The van der Waals surface area contributed by atoms with Gasteiger partial charge in [0, 0.05) is 22.7 Å². The Morgan fingerprint density at radius 1 is 1.00 bits per heavy atom. The number of hydrogen-bond donors (Lipinski definition) is 0. The average molecular weight is 351 g/mol. The lowest BCUT2D eigenvalue weighted by molar-refractivity contribution is -0.394. The van der Waals surface area contributed by atoms with E-state index in [2.05, 4.69) is 4.98 Å². The molecule has 9 nitrogen and oxygen atoms in total. The van der Waals surface area contributed by atoms with E-state index in [4.69, 9.17) is 4.74 Å². The molecule has 1 aromatic heterocycles. The Kier molecular flexibility index (Phi) is 3.19. The second kappa shape index (κ2) is 5.31. The van der Waals surface area contributed by atoms with E-state index in [1.165, 1.54) is 12.3 Å². The number of fused-ring (bicyclic) bond motifs is 2. The van der Waals surface area contributed by atoms with E-state index in [0.29, 0.717) is 11.3 Å². The first-order chi connectivity index (χ1) is 12.5. The van der Waals surface area contributed by atoms with Gasteiger partial charge in [0.05, 0.1) is 28.0 Å². The van der Waals surface area contributed by atoms with Gasteiger partial charge in [-0.1, -0.05) is 24.3 Å². The molecule has 0 amide bonds. The van der Waals surface area contributed by atoms with E-state index in [-0.39, 0.29) is 21.9 Å². The van der Waals surface area contributed by atoms with Crippen LogP contribution in [0.1, 0.15) is 15.9 Å². The van der Waals surface area contributed by atoms with Crippen molar-refractivity contribution < 1.29 is 19.4 Å². The van der Waals surface area contributed by atoms with Crippen LogP contribution in [0.4, 0.5) is 11.4 Å². The van der Waals surface area contributed by atoms with Gasteiger partial charge in [0.1, 0.15) is 5.56 Å². The Labute approximate surface area is 145 Å². The van der Waals surface area contributed by atoms with E-state index in [9.17, 15) is 25.0 Å². The van der Waals surface area contributed by atoms with Crippen LogP contribution in [-0.2, 0) is 0 Å². The zero-order valence-corrected chi connectivity index (χ0v) is 13.3. The number of ketones is 1. The summed E-state index contributed by atoms with van der Waals surface area (Å²) in [6, 6.07) is 7.88. The quantitative estimate of drug-likeness (QED) is 0.409. The molecule has 0 unspecified atom stereocenters. The first-order valence-corrected chi connectivity index (χ1v) is 7.43. The van der Waals surface area contributed by atoms with Crippen molar-refractivity contribution in [2.45, 2.75) is 0 Å². The van der Waals surface area contributed by atoms with Crippen LogP contribution in [0.3, 0.4) is 0 Å². The molecule has 1 aliphatic rings. The fourth-order valence-corrected chi connectivity index (χ4v) is 3.37. The number of carbonyl (C=O) groups excluding carboxylic acids is 1. The van der Waals surface area contributed by atoms with Crippen LogP contribution in [0, 0.1) is 20.2 Å². The standard InChI is InChI=1S/C17H9N3O6/c1-26-17-14(19(22)23)10-6-7-18-13-8-4-2-3-5-9(8)16(21)12(11(10)13)15(17)20(24)25/h2-7H,1H3. The number of nitro benzene ring substituents is 2. The summed E-state index contributed by atoms with van der Waals surface area (Å²) in [5.74, 6) is -1.14. The van der Waals surface area contributed by atoms with Crippen molar-refractivity contribution in [3.05, 3.63) is 67.9 Å². The number of carbonyl (C=O) groups is 1. The van der Waals surface area contributed by atoms with E-state index in [1.54, 1.807) is 24.3 Å². The van der Waals surface area contributed by atoms with Gasteiger partial charge in [-0.05, 0) is 6.07 Å². The van der Waals surface area contributed by atoms with Crippen molar-refractivity contribution in [1.82, 2.24) is 4.98 Å². The minimum Gasteiger partial charge on any atom is -0.485 e. The second-order valence-electron chi connectivity index (χ2n) is 5.58. The molecule has 0 fully saturated rings. The number of pyridine rings is 1. The highest BCUT2D eigenvalue weighted by Crippen LogP contribution is 2.51. The third kappa shape index (κ3) is 1.85. The molecule has 0 spiro atoms. The molecule has 2 aromatic carbocycles. The molecule has 9 heteroatoms. The molecule has 0 atom stereocenters. The van der Waals surface area contributed by atoms with Crippen LogP contribution in [0.25, 0.3) is 22.0 Å². The van der Waals surface area contributed by atoms with E-state index in [0.717, 1.165) is 7.11 Å². The van der Waals surface area contributed by atoms with Crippen molar-refractivity contribution in [3.8, 4) is 17.0 Å². The lowest BCUT2D eigenvalue weighted by atomic mass is 9.84. The number of nitro groups is 2. The molecule has 0 N–H and O–H groups in total. The van der Waals surface area contributed by atoms with E-state index >= 15 is 0 Å². The smallest absolute Gasteiger partial charge is 0.330 e. The van der Waals surface area contributed by atoms with Crippen molar-refractivity contribution in [2.75, 3.05) is 7.11 Å². The molecule has 26 heavy (non-hydrogen) atoms.